The minimum Gasteiger partial charge on any atom is -0.496 e. The van der Waals surface area contributed by atoms with Crippen molar-refractivity contribution in [1.82, 2.24) is 10.2 Å². The average Bonchev–Trinajstić information content (AvgIpc) is 3.22. The molecule has 0 saturated carbocycles. The maximum atomic E-state index is 12.6. The van der Waals surface area contributed by atoms with E-state index in [0.29, 0.717) is 31.8 Å². The SMILES string of the molecule is COc1ccc(C)cc1CCNC(=O)C1CCCN(C(=O)c2ccco2)C1. The summed E-state index contributed by atoms with van der Waals surface area (Å²) in [6.07, 6.45) is 3.80. The van der Waals surface area contributed by atoms with Crippen molar-refractivity contribution in [2.45, 2.75) is 26.2 Å². The molecular formula is C21H26N2O4. The van der Waals surface area contributed by atoms with Gasteiger partial charge in [0.1, 0.15) is 5.75 Å². The number of hydrogen-bond acceptors (Lipinski definition) is 4. The van der Waals surface area contributed by atoms with Crippen LogP contribution in [0.25, 0.3) is 0 Å². The van der Waals surface area contributed by atoms with E-state index in [1.807, 2.05) is 19.1 Å². The summed E-state index contributed by atoms with van der Waals surface area (Å²) in [4.78, 5) is 26.7. The maximum absolute atomic E-state index is 12.6. The number of rotatable bonds is 6. The number of ether oxygens (including phenoxy) is 1. The van der Waals surface area contributed by atoms with Crippen LogP contribution in [0.3, 0.4) is 0 Å². The van der Waals surface area contributed by atoms with E-state index in [1.54, 1.807) is 24.1 Å². The molecule has 27 heavy (non-hydrogen) atoms. The van der Waals surface area contributed by atoms with Crippen molar-refractivity contribution in [2.24, 2.45) is 5.92 Å². The van der Waals surface area contributed by atoms with Crippen LogP contribution in [0, 0.1) is 12.8 Å². The van der Waals surface area contributed by atoms with Gasteiger partial charge in [-0.25, -0.2) is 0 Å². The van der Waals surface area contributed by atoms with Crippen molar-refractivity contribution in [1.29, 1.82) is 0 Å². The summed E-state index contributed by atoms with van der Waals surface area (Å²) in [5.41, 5.74) is 2.24. The fourth-order valence-electron chi connectivity index (χ4n) is 3.50. The second-order valence-electron chi connectivity index (χ2n) is 6.92. The Labute approximate surface area is 159 Å². The number of carbonyl (C=O) groups is 2. The minimum absolute atomic E-state index is 0.00133. The quantitative estimate of drug-likeness (QED) is 0.849. The first-order chi connectivity index (χ1) is 13.1. The van der Waals surface area contributed by atoms with Crippen LogP contribution in [0.5, 0.6) is 5.75 Å². The molecule has 6 heteroatoms. The highest BCUT2D eigenvalue weighted by atomic mass is 16.5. The van der Waals surface area contributed by atoms with Crippen molar-refractivity contribution in [3.8, 4) is 5.75 Å². The number of furan rings is 1. The fourth-order valence-corrected chi connectivity index (χ4v) is 3.50. The number of aryl methyl sites for hydroxylation is 1. The van der Waals surface area contributed by atoms with Crippen LogP contribution in [-0.4, -0.2) is 43.5 Å². The van der Waals surface area contributed by atoms with Gasteiger partial charge >= 0.3 is 0 Å². The lowest BCUT2D eigenvalue weighted by Crippen LogP contribution is -2.45. The zero-order valence-electron chi connectivity index (χ0n) is 15.9. The molecular weight excluding hydrogens is 344 g/mol. The molecule has 2 heterocycles. The van der Waals surface area contributed by atoms with Crippen LogP contribution in [0.1, 0.15) is 34.5 Å². The molecule has 0 spiro atoms. The molecule has 1 N–H and O–H groups in total. The standard InChI is InChI=1S/C21H26N2O4/c1-15-7-8-18(26-2)16(13-15)9-10-22-20(24)17-5-3-11-23(14-17)21(25)19-6-4-12-27-19/h4,6-8,12-13,17H,3,5,9-11,14H2,1-2H3,(H,22,24). The molecule has 1 aromatic carbocycles. The number of piperidine rings is 1. The third kappa shape index (κ3) is 4.70. The third-order valence-electron chi connectivity index (χ3n) is 4.94. The summed E-state index contributed by atoms with van der Waals surface area (Å²) in [6, 6.07) is 9.39. The summed E-state index contributed by atoms with van der Waals surface area (Å²) >= 11 is 0. The molecule has 144 valence electrons. The molecule has 0 radical (unpaired) electrons. The predicted molar refractivity (Wildman–Crippen MR) is 102 cm³/mol. The number of likely N-dealkylation sites (tertiary alicyclic amines) is 1. The van der Waals surface area contributed by atoms with Crippen molar-refractivity contribution in [3.05, 3.63) is 53.5 Å². The lowest BCUT2D eigenvalue weighted by molar-refractivity contribution is -0.126. The Morgan fingerprint density at radius 2 is 2.19 bits per heavy atom. The highest BCUT2D eigenvalue weighted by molar-refractivity contribution is 5.92. The lowest BCUT2D eigenvalue weighted by atomic mass is 9.96. The predicted octanol–water partition coefficient (Wildman–Crippen LogP) is 2.81. The molecule has 2 amide bonds. The topological polar surface area (TPSA) is 71.8 Å². The molecule has 1 fully saturated rings. The number of carbonyl (C=O) groups excluding carboxylic acids is 2. The summed E-state index contributed by atoms with van der Waals surface area (Å²) in [5, 5.41) is 3.01. The van der Waals surface area contributed by atoms with Crippen LogP contribution >= 0.6 is 0 Å². The number of methoxy groups -OCH3 is 1. The first kappa shape index (κ1) is 19.0. The summed E-state index contributed by atoms with van der Waals surface area (Å²) in [6.45, 7) is 3.67. The van der Waals surface area contributed by atoms with Crippen LogP contribution in [0.2, 0.25) is 0 Å². The molecule has 1 atom stereocenters. The first-order valence-electron chi connectivity index (χ1n) is 9.32. The van der Waals surface area contributed by atoms with Gasteiger partial charge in [0.2, 0.25) is 5.91 Å². The van der Waals surface area contributed by atoms with Gasteiger partial charge in [-0.05, 0) is 49.9 Å². The molecule has 1 aliphatic heterocycles. The second kappa shape index (κ2) is 8.75. The largest absolute Gasteiger partial charge is 0.496 e. The highest BCUT2D eigenvalue weighted by Crippen LogP contribution is 2.21. The Bertz CT molecular complexity index is 785. The van der Waals surface area contributed by atoms with Crippen molar-refractivity contribution in [2.75, 3.05) is 26.7 Å². The van der Waals surface area contributed by atoms with Gasteiger partial charge in [0.25, 0.3) is 5.91 Å². The van der Waals surface area contributed by atoms with Gasteiger partial charge in [-0.2, -0.15) is 0 Å². The molecule has 2 aromatic rings. The smallest absolute Gasteiger partial charge is 0.289 e. The molecule has 0 bridgehead atoms. The Kier molecular flexibility index (Phi) is 6.16. The molecule has 1 unspecified atom stereocenters. The van der Waals surface area contributed by atoms with Crippen molar-refractivity contribution in [3.63, 3.8) is 0 Å². The van der Waals surface area contributed by atoms with Crippen molar-refractivity contribution < 1.29 is 18.7 Å². The zero-order chi connectivity index (χ0) is 19.2. The fraction of sp³-hybridized carbons (Fsp3) is 0.429. The Morgan fingerprint density at radius 3 is 2.93 bits per heavy atom. The Hall–Kier alpha value is -2.76. The van der Waals surface area contributed by atoms with Crippen LogP contribution in [0.15, 0.2) is 41.0 Å². The Morgan fingerprint density at radius 1 is 1.33 bits per heavy atom. The summed E-state index contributed by atoms with van der Waals surface area (Å²) in [5.74, 6) is 0.822. The number of benzene rings is 1. The molecule has 1 aromatic heterocycles. The van der Waals surface area contributed by atoms with E-state index in [-0.39, 0.29) is 17.7 Å². The molecule has 1 saturated heterocycles. The van der Waals surface area contributed by atoms with E-state index in [9.17, 15) is 9.59 Å². The molecule has 1 aliphatic rings. The minimum atomic E-state index is -0.183. The van der Waals surface area contributed by atoms with E-state index in [1.165, 1.54) is 6.26 Å². The van der Waals surface area contributed by atoms with E-state index in [2.05, 4.69) is 11.4 Å². The summed E-state index contributed by atoms with van der Waals surface area (Å²) < 4.78 is 10.6. The number of hydrogen-bond donors (Lipinski definition) is 1. The second-order valence-corrected chi connectivity index (χ2v) is 6.92. The van der Waals surface area contributed by atoms with E-state index < -0.39 is 0 Å². The van der Waals surface area contributed by atoms with E-state index in [4.69, 9.17) is 9.15 Å². The van der Waals surface area contributed by atoms with E-state index >= 15 is 0 Å². The third-order valence-corrected chi connectivity index (χ3v) is 4.94. The maximum Gasteiger partial charge on any atom is 0.289 e. The van der Waals surface area contributed by atoms with Gasteiger partial charge < -0.3 is 19.4 Å². The monoisotopic (exact) mass is 370 g/mol. The average molecular weight is 370 g/mol. The zero-order valence-corrected chi connectivity index (χ0v) is 15.9. The molecule has 0 aliphatic carbocycles. The van der Waals surface area contributed by atoms with Crippen LogP contribution < -0.4 is 10.1 Å². The number of nitrogens with zero attached hydrogens (tertiary/aromatic N) is 1. The van der Waals surface area contributed by atoms with Gasteiger partial charge in [0.05, 0.1) is 19.3 Å². The number of nitrogens with one attached hydrogen (secondary N) is 1. The van der Waals surface area contributed by atoms with Crippen LogP contribution in [-0.2, 0) is 11.2 Å². The first-order valence-corrected chi connectivity index (χ1v) is 9.32. The van der Waals surface area contributed by atoms with Crippen LogP contribution in [0.4, 0.5) is 0 Å². The Balaban J connectivity index is 1.52. The highest BCUT2D eigenvalue weighted by Gasteiger charge is 2.29. The molecule has 3 rings (SSSR count). The van der Waals surface area contributed by atoms with Crippen molar-refractivity contribution >= 4 is 11.8 Å². The van der Waals surface area contributed by atoms with Gasteiger partial charge in [-0.15, -0.1) is 0 Å². The van der Waals surface area contributed by atoms with Gasteiger partial charge in [-0.3, -0.25) is 9.59 Å². The van der Waals surface area contributed by atoms with Gasteiger partial charge in [0, 0.05) is 19.6 Å². The lowest BCUT2D eigenvalue weighted by Gasteiger charge is -2.31. The van der Waals surface area contributed by atoms with Gasteiger partial charge in [0.15, 0.2) is 5.76 Å². The number of amides is 2. The van der Waals surface area contributed by atoms with Gasteiger partial charge in [-0.1, -0.05) is 17.7 Å². The summed E-state index contributed by atoms with van der Waals surface area (Å²) in [7, 11) is 1.65. The normalized spacial score (nSPS) is 16.8. The molecule has 6 nitrogen and oxygen atoms in total. The van der Waals surface area contributed by atoms with E-state index in [0.717, 1.165) is 29.7 Å².